The highest BCUT2D eigenvalue weighted by molar-refractivity contribution is 6.15. The van der Waals surface area contributed by atoms with Crippen LogP contribution in [0.5, 0.6) is 5.75 Å². The number of likely N-dealkylation sites (tertiary alicyclic amines) is 1. The molecule has 0 spiro atoms. The lowest BCUT2D eigenvalue weighted by atomic mass is 10.0. The smallest absolute Gasteiger partial charge is 0.331 e. The molecule has 3 aliphatic rings. The van der Waals surface area contributed by atoms with Crippen LogP contribution < -0.4 is 9.64 Å². The fourth-order valence-corrected chi connectivity index (χ4v) is 5.45. The third-order valence-corrected chi connectivity index (χ3v) is 7.39. The van der Waals surface area contributed by atoms with Crippen molar-refractivity contribution in [1.29, 1.82) is 0 Å². The Bertz CT molecular complexity index is 1040. The summed E-state index contributed by atoms with van der Waals surface area (Å²) in [6.07, 6.45) is 4.23. The molecule has 0 aliphatic carbocycles. The maximum atomic E-state index is 13.3. The van der Waals surface area contributed by atoms with Gasteiger partial charge in [0, 0.05) is 38.6 Å². The van der Waals surface area contributed by atoms with Crippen molar-refractivity contribution < 1.29 is 23.5 Å². The van der Waals surface area contributed by atoms with Crippen LogP contribution in [0.25, 0.3) is 0 Å². The molecule has 3 aliphatic heterocycles. The van der Waals surface area contributed by atoms with Gasteiger partial charge in [0.15, 0.2) is 0 Å². The number of benzene rings is 2. The third-order valence-electron chi connectivity index (χ3n) is 7.39. The molecule has 2 unspecified atom stereocenters. The standard InChI is InChI=1S/C27H32FN3O4/c1-34-23-8-6-22(7-9-23)31-26(32)14-17-30(27(31)33)21-12-15-29(16-13-21)18-24-10-11-25(35-24)19-2-4-20(28)5-3-19/h2-9,21,24-25H,10-18H2,1H3. The fraction of sp³-hybridized carbons (Fsp3) is 0.481. The highest BCUT2D eigenvalue weighted by Crippen LogP contribution is 2.34. The van der Waals surface area contributed by atoms with Crippen LogP contribution in [0.2, 0.25) is 0 Å². The van der Waals surface area contributed by atoms with Crippen LogP contribution in [-0.2, 0) is 9.53 Å². The predicted molar refractivity (Wildman–Crippen MR) is 130 cm³/mol. The summed E-state index contributed by atoms with van der Waals surface area (Å²) < 4.78 is 24.7. The predicted octanol–water partition coefficient (Wildman–Crippen LogP) is 4.38. The van der Waals surface area contributed by atoms with E-state index in [1.807, 2.05) is 17.0 Å². The molecular weight excluding hydrogens is 449 g/mol. The number of ether oxygens (including phenoxy) is 2. The Labute approximate surface area is 205 Å². The van der Waals surface area contributed by atoms with E-state index in [9.17, 15) is 14.0 Å². The second-order valence-electron chi connectivity index (χ2n) is 9.56. The van der Waals surface area contributed by atoms with Crippen molar-refractivity contribution in [3.63, 3.8) is 0 Å². The van der Waals surface area contributed by atoms with Gasteiger partial charge in [-0.25, -0.2) is 14.1 Å². The summed E-state index contributed by atoms with van der Waals surface area (Å²) in [5, 5.41) is 0. The Morgan fingerprint density at radius 3 is 2.34 bits per heavy atom. The number of methoxy groups -OCH3 is 1. The quantitative estimate of drug-likeness (QED) is 0.613. The minimum absolute atomic E-state index is 0.0329. The number of nitrogens with zero attached hydrogens (tertiary/aromatic N) is 3. The van der Waals surface area contributed by atoms with E-state index in [4.69, 9.17) is 9.47 Å². The highest BCUT2D eigenvalue weighted by atomic mass is 19.1. The van der Waals surface area contributed by atoms with Crippen LogP contribution in [0.15, 0.2) is 48.5 Å². The molecule has 3 saturated heterocycles. The summed E-state index contributed by atoms with van der Waals surface area (Å²) in [6, 6.07) is 13.5. The van der Waals surface area contributed by atoms with E-state index < -0.39 is 0 Å². The molecule has 35 heavy (non-hydrogen) atoms. The van der Waals surface area contributed by atoms with Gasteiger partial charge in [0.05, 0.1) is 25.0 Å². The van der Waals surface area contributed by atoms with Crippen LogP contribution >= 0.6 is 0 Å². The monoisotopic (exact) mass is 481 g/mol. The average Bonchev–Trinajstić information content (AvgIpc) is 3.34. The maximum Gasteiger partial charge on any atom is 0.331 e. The first-order valence-corrected chi connectivity index (χ1v) is 12.4. The number of halogens is 1. The molecule has 186 valence electrons. The topological polar surface area (TPSA) is 62.3 Å². The van der Waals surface area contributed by atoms with E-state index >= 15 is 0 Å². The molecular formula is C27H32FN3O4. The van der Waals surface area contributed by atoms with Gasteiger partial charge in [-0.15, -0.1) is 0 Å². The Kier molecular flexibility index (Phi) is 7.02. The molecule has 0 saturated carbocycles. The van der Waals surface area contributed by atoms with E-state index in [1.165, 1.54) is 17.0 Å². The van der Waals surface area contributed by atoms with Gasteiger partial charge in [0.2, 0.25) is 5.91 Å². The Balaban J connectivity index is 1.14. The number of piperidine rings is 1. The first-order valence-electron chi connectivity index (χ1n) is 12.4. The second kappa shape index (κ2) is 10.3. The van der Waals surface area contributed by atoms with Gasteiger partial charge < -0.3 is 19.3 Å². The van der Waals surface area contributed by atoms with Crippen molar-refractivity contribution in [2.45, 2.75) is 50.4 Å². The summed E-state index contributed by atoms with van der Waals surface area (Å²) >= 11 is 0. The number of anilines is 1. The molecule has 5 rings (SSSR count). The molecule has 3 fully saturated rings. The van der Waals surface area contributed by atoms with Crippen LogP contribution in [0.1, 0.15) is 43.8 Å². The Hall–Kier alpha value is -2.97. The summed E-state index contributed by atoms with van der Waals surface area (Å²) in [6.45, 7) is 3.13. The number of hydrogen-bond donors (Lipinski definition) is 0. The van der Waals surface area contributed by atoms with Gasteiger partial charge in [-0.2, -0.15) is 0 Å². The van der Waals surface area contributed by atoms with E-state index in [1.54, 1.807) is 31.4 Å². The van der Waals surface area contributed by atoms with Crippen molar-refractivity contribution in [2.75, 3.05) is 38.2 Å². The van der Waals surface area contributed by atoms with Crippen LogP contribution in [-0.4, -0.2) is 67.2 Å². The Morgan fingerprint density at radius 2 is 1.66 bits per heavy atom. The van der Waals surface area contributed by atoms with Gasteiger partial charge >= 0.3 is 6.03 Å². The maximum absolute atomic E-state index is 13.3. The number of amides is 3. The second-order valence-corrected chi connectivity index (χ2v) is 9.56. The van der Waals surface area contributed by atoms with Crippen molar-refractivity contribution >= 4 is 17.6 Å². The summed E-state index contributed by atoms with van der Waals surface area (Å²) in [4.78, 5) is 31.5. The van der Waals surface area contributed by atoms with Crippen molar-refractivity contribution in [1.82, 2.24) is 9.80 Å². The first-order chi connectivity index (χ1) is 17.0. The highest BCUT2D eigenvalue weighted by Gasteiger charge is 2.38. The average molecular weight is 482 g/mol. The summed E-state index contributed by atoms with van der Waals surface area (Å²) in [5.74, 6) is 0.294. The number of carbonyl (C=O) groups excluding carboxylic acids is 2. The van der Waals surface area contributed by atoms with Crippen LogP contribution in [0, 0.1) is 5.82 Å². The van der Waals surface area contributed by atoms with Gasteiger partial charge in [0.1, 0.15) is 11.6 Å². The zero-order valence-electron chi connectivity index (χ0n) is 20.1. The minimum Gasteiger partial charge on any atom is -0.497 e. The van der Waals surface area contributed by atoms with E-state index in [0.717, 1.165) is 50.9 Å². The number of urea groups is 1. The minimum atomic E-state index is -0.230. The van der Waals surface area contributed by atoms with E-state index in [0.29, 0.717) is 24.4 Å². The van der Waals surface area contributed by atoms with Crippen LogP contribution in [0.3, 0.4) is 0 Å². The van der Waals surface area contributed by atoms with Gasteiger partial charge in [-0.1, -0.05) is 12.1 Å². The van der Waals surface area contributed by atoms with Crippen molar-refractivity contribution in [3.8, 4) is 5.75 Å². The molecule has 0 N–H and O–H groups in total. The molecule has 3 amide bonds. The number of imide groups is 1. The molecule has 0 aromatic heterocycles. The van der Waals surface area contributed by atoms with E-state index in [-0.39, 0.29) is 36.0 Å². The van der Waals surface area contributed by atoms with E-state index in [2.05, 4.69) is 4.90 Å². The molecule has 2 aromatic carbocycles. The van der Waals surface area contributed by atoms with Gasteiger partial charge in [0.25, 0.3) is 0 Å². The zero-order valence-corrected chi connectivity index (χ0v) is 20.1. The lowest BCUT2D eigenvalue weighted by Gasteiger charge is -2.42. The zero-order chi connectivity index (χ0) is 24.4. The summed E-state index contributed by atoms with van der Waals surface area (Å²) in [7, 11) is 1.59. The molecule has 8 heteroatoms. The normalized spacial score (nSPS) is 24.3. The molecule has 0 radical (unpaired) electrons. The molecule has 7 nitrogen and oxygen atoms in total. The number of carbonyl (C=O) groups is 2. The molecule has 2 atom stereocenters. The van der Waals surface area contributed by atoms with Crippen molar-refractivity contribution in [2.24, 2.45) is 0 Å². The molecule has 0 bridgehead atoms. The lowest BCUT2D eigenvalue weighted by molar-refractivity contribution is -0.119. The molecule has 3 heterocycles. The lowest BCUT2D eigenvalue weighted by Crippen LogP contribution is -2.58. The number of hydrogen-bond acceptors (Lipinski definition) is 5. The number of rotatable bonds is 6. The Morgan fingerprint density at radius 1 is 0.943 bits per heavy atom. The SMILES string of the molecule is COc1ccc(N2C(=O)CCN(C3CCN(CC4CCC(c5ccc(F)cc5)O4)CC3)C2=O)cc1. The fourth-order valence-electron chi connectivity index (χ4n) is 5.45. The summed E-state index contributed by atoms with van der Waals surface area (Å²) in [5.41, 5.74) is 1.62. The van der Waals surface area contributed by atoms with Crippen LogP contribution in [0.4, 0.5) is 14.9 Å². The van der Waals surface area contributed by atoms with Crippen molar-refractivity contribution in [3.05, 3.63) is 59.9 Å². The largest absolute Gasteiger partial charge is 0.497 e. The van der Waals surface area contributed by atoms with Gasteiger partial charge in [-0.05, 0) is 67.6 Å². The van der Waals surface area contributed by atoms with Gasteiger partial charge in [-0.3, -0.25) is 4.79 Å². The molecule has 2 aromatic rings. The third kappa shape index (κ3) is 5.18. The first kappa shape index (κ1) is 23.8.